The van der Waals surface area contributed by atoms with Gasteiger partial charge in [0.1, 0.15) is 12.2 Å². The van der Waals surface area contributed by atoms with Crippen molar-refractivity contribution in [2.45, 2.75) is 24.4 Å². The van der Waals surface area contributed by atoms with Gasteiger partial charge in [-0.15, -0.1) is 0 Å². The van der Waals surface area contributed by atoms with Gasteiger partial charge in [-0.25, -0.2) is 0 Å². The Morgan fingerprint density at radius 2 is 2.08 bits per heavy atom. The fraction of sp³-hybridized carbons (Fsp3) is 0.833. The van der Waals surface area contributed by atoms with Gasteiger partial charge in [-0.05, 0) is 0 Å². The molecule has 4 atom stereocenters. The van der Waals surface area contributed by atoms with Crippen LogP contribution in [0.4, 0.5) is 0 Å². The molecule has 0 aliphatic carbocycles. The van der Waals surface area contributed by atoms with Crippen LogP contribution in [0, 0.1) is 0 Å². The first-order valence-corrected chi connectivity index (χ1v) is 3.65. The number of rotatable bonds is 2. The number of aliphatic hydroxyl groups is 4. The topological polar surface area (TPSA) is 123 Å². The van der Waals surface area contributed by atoms with Crippen molar-refractivity contribution in [2.75, 3.05) is 6.61 Å². The van der Waals surface area contributed by atoms with Crippen molar-refractivity contribution in [3.05, 3.63) is 0 Å². The van der Waals surface area contributed by atoms with Crippen LogP contribution in [0.3, 0.4) is 0 Å². The van der Waals surface area contributed by atoms with Gasteiger partial charge in [-0.1, -0.05) is 5.16 Å². The van der Waals surface area contributed by atoms with Crippen LogP contribution < -0.4 is 0 Å². The van der Waals surface area contributed by atoms with E-state index in [2.05, 4.69) is 9.89 Å². The van der Waals surface area contributed by atoms with E-state index < -0.39 is 36.9 Å². The first-order chi connectivity index (χ1) is 6.11. The van der Waals surface area contributed by atoms with Crippen LogP contribution in [0.2, 0.25) is 0 Å². The van der Waals surface area contributed by atoms with Crippen molar-refractivity contribution < 1.29 is 30.4 Å². The van der Waals surface area contributed by atoms with Gasteiger partial charge in [0.2, 0.25) is 0 Å². The van der Waals surface area contributed by atoms with Crippen LogP contribution in [0.1, 0.15) is 0 Å². The first kappa shape index (κ1) is 10.2. The minimum atomic E-state index is -1.48. The van der Waals surface area contributed by atoms with Gasteiger partial charge in [0.25, 0.3) is 5.90 Å². The molecular formula is C6H11NO6. The van der Waals surface area contributed by atoms with Crippen LogP contribution in [-0.4, -0.2) is 62.6 Å². The Morgan fingerprint density at radius 3 is 2.46 bits per heavy atom. The normalized spacial score (nSPS) is 39.1. The van der Waals surface area contributed by atoms with Gasteiger partial charge in [0.15, 0.2) is 12.2 Å². The molecule has 1 aliphatic heterocycles. The molecule has 0 amide bonds. The summed E-state index contributed by atoms with van der Waals surface area (Å²) >= 11 is 0. The van der Waals surface area contributed by atoms with E-state index in [1.54, 1.807) is 0 Å². The van der Waals surface area contributed by atoms with Crippen LogP contribution in [0.15, 0.2) is 5.16 Å². The monoisotopic (exact) mass is 193 g/mol. The lowest BCUT2D eigenvalue weighted by Gasteiger charge is -2.17. The van der Waals surface area contributed by atoms with Crippen molar-refractivity contribution in [3.8, 4) is 0 Å². The number of hydrogen-bond acceptors (Lipinski definition) is 7. The molecule has 1 aliphatic rings. The minimum absolute atomic E-state index is 0.468. The van der Waals surface area contributed by atoms with Gasteiger partial charge >= 0.3 is 0 Å². The predicted molar refractivity (Wildman–Crippen MR) is 39.2 cm³/mol. The van der Waals surface area contributed by atoms with Gasteiger partial charge < -0.3 is 30.4 Å². The van der Waals surface area contributed by atoms with E-state index in [0.717, 1.165) is 0 Å². The van der Waals surface area contributed by atoms with Gasteiger partial charge in [-0.2, -0.15) is 0 Å². The highest BCUT2D eigenvalue weighted by Crippen LogP contribution is 2.19. The van der Waals surface area contributed by atoms with Crippen molar-refractivity contribution >= 4 is 5.90 Å². The molecular weight excluding hydrogens is 182 g/mol. The molecule has 0 aromatic carbocycles. The molecule has 5 N–H and O–H groups in total. The van der Waals surface area contributed by atoms with Crippen molar-refractivity contribution in [2.24, 2.45) is 5.16 Å². The predicted octanol–water partition coefficient (Wildman–Crippen LogP) is -2.75. The molecule has 0 bridgehead atoms. The van der Waals surface area contributed by atoms with Crippen LogP contribution in [0.5, 0.6) is 0 Å². The molecule has 0 aromatic heterocycles. The van der Waals surface area contributed by atoms with Crippen molar-refractivity contribution in [1.29, 1.82) is 0 Å². The Labute approximate surface area is 73.5 Å². The summed E-state index contributed by atoms with van der Waals surface area (Å²) in [7, 11) is 0. The highest BCUT2D eigenvalue weighted by molar-refractivity contribution is 5.83. The Hall–Kier alpha value is -0.890. The third kappa shape index (κ3) is 1.73. The molecule has 1 heterocycles. The molecule has 0 saturated carbocycles. The summed E-state index contributed by atoms with van der Waals surface area (Å²) in [6.45, 7) is -0.618. The molecule has 1 rings (SSSR count). The number of oxime groups is 1. The molecule has 0 aromatic rings. The third-order valence-electron chi connectivity index (χ3n) is 1.83. The molecule has 1 saturated heterocycles. The second-order valence-electron chi connectivity index (χ2n) is 2.71. The second kappa shape index (κ2) is 3.88. The molecule has 7 heteroatoms. The molecule has 4 unspecified atom stereocenters. The summed E-state index contributed by atoms with van der Waals surface area (Å²) < 4.78 is 4.68. The Balaban J connectivity index is 2.71. The zero-order valence-electron chi connectivity index (χ0n) is 6.61. The average molecular weight is 193 g/mol. The maximum absolute atomic E-state index is 9.22. The van der Waals surface area contributed by atoms with E-state index in [9.17, 15) is 5.11 Å². The first-order valence-electron chi connectivity index (χ1n) is 3.65. The van der Waals surface area contributed by atoms with E-state index in [0.29, 0.717) is 0 Å². The fourth-order valence-corrected chi connectivity index (χ4v) is 1.10. The minimum Gasteiger partial charge on any atom is -0.468 e. The Morgan fingerprint density at radius 1 is 1.46 bits per heavy atom. The van der Waals surface area contributed by atoms with Crippen LogP contribution >= 0.6 is 0 Å². The van der Waals surface area contributed by atoms with Crippen molar-refractivity contribution in [1.82, 2.24) is 0 Å². The molecule has 0 spiro atoms. The standard InChI is InChI=1S/C6H11NO6/c8-1-2(9)5-3(10)4(11)6(7-12)13-5/h2-5,8-12H,1H2/b7-6-. The van der Waals surface area contributed by atoms with Gasteiger partial charge in [0.05, 0.1) is 6.61 Å². The van der Waals surface area contributed by atoms with Crippen LogP contribution in [0.25, 0.3) is 0 Å². The zero-order valence-corrected chi connectivity index (χ0v) is 6.61. The summed E-state index contributed by atoms with van der Waals surface area (Å²) in [5, 5.41) is 46.8. The van der Waals surface area contributed by atoms with Crippen LogP contribution in [-0.2, 0) is 4.74 Å². The van der Waals surface area contributed by atoms with Gasteiger partial charge in [-0.3, -0.25) is 0 Å². The fourth-order valence-electron chi connectivity index (χ4n) is 1.10. The summed E-state index contributed by atoms with van der Waals surface area (Å²) in [6.07, 6.45) is -5.39. The smallest absolute Gasteiger partial charge is 0.258 e. The number of aliphatic hydroxyl groups excluding tert-OH is 4. The molecule has 0 radical (unpaired) electrons. The summed E-state index contributed by atoms with van der Waals surface area (Å²) in [4.78, 5) is 0. The number of nitrogens with zero attached hydrogens (tertiary/aromatic N) is 1. The summed E-state index contributed by atoms with van der Waals surface area (Å²) in [5.41, 5.74) is 0. The largest absolute Gasteiger partial charge is 0.468 e. The highest BCUT2D eigenvalue weighted by atomic mass is 16.6. The lowest BCUT2D eigenvalue weighted by atomic mass is 10.1. The quantitative estimate of drug-likeness (QED) is 0.239. The second-order valence-corrected chi connectivity index (χ2v) is 2.71. The lowest BCUT2D eigenvalue weighted by Crippen LogP contribution is -2.40. The third-order valence-corrected chi connectivity index (χ3v) is 1.83. The zero-order chi connectivity index (χ0) is 10.0. The van der Waals surface area contributed by atoms with E-state index in [1.165, 1.54) is 0 Å². The maximum Gasteiger partial charge on any atom is 0.258 e. The van der Waals surface area contributed by atoms with E-state index in [1.807, 2.05) is 0 Å². The van der Waals surface area contributed by atoms with E-state index in [4.69, 9.17) is 20.5 Å². The number of hydrogen-bond donors (Lipinski definition) is 5. The molecule has 76 valence electrons. The maximum atomic E-state index is 9.22. The van der Waals surface area contributed by atoms with Gasteiger partial charge in [0, 0.05) is 0 Å². The Kier molecular flexibility index (Phi) is 3.04. The van der Waals surface area contributed by atoms with Crippen molar-refractivity contribution in [3.63, 3.8) is 0 Å². The summed E-state index contributed by atoms with van der Waals surface area (Å²) in [6, 6.07) is 0. The molecule has 13 heavy (non-hydrogen) atoms. The lowest BCUT2D eigenvalue weighted by molar-refractivity contribution is -0.0591. The summed E-state index contributed by atoms with van der Waals surface area (Å²) in [5.74, 6) is -0.468. The van der Waals surface area contributed by atoms with E-state index >= 15 is 0 Å². The van der Waals surface area contributed by atoms with E-state index in [-0.39, 0.29) is 0 Å². The Bertz CT molecular complexity index is 207. The SMILES string of the molecule is OCC(O)C1O/C(=N\O)C(O)C1O. The molecule has 7 nitrogen and oxygen atoms in total. The number of ether oxygens (including phenoxy) is 1. The average Bonchev–Trinajstić information content (AvgIpc) is 2.43. The molecule has 1 fully saturated rings. The highest BCUT2D eigenvalue weighted by Gasteiger charge is 2.44.